The highest BCUT2D eigenvalue weighted by atomic mass is 16.4. The van der Waals surface area contributed by atoms with E-state index in [9.17, 15) is 28.8 Å². The molecule has 0 aromatic rings. The highest BCUT2D eigenvalue weighted by Crippen LogP contribution is 2.00. The molecule has 0 aliphatic rings. The summed E-state index contributed by atoms with van der Waals surface area (Å²) in [5.74, 6) is -1.74. The van der Waals surface area contributed by atoms with Crippen molar-refractivity contribution < 1.29 is 33.9 Å². The van der Waals surface area contributed by atoms with Crippen molar-refractivity contribution in [3.05, 3.63) is 0 Å². The molecule has 12 nitrogen and oxygen atoms in total. The highest BCUT2D eigenvalue weighted by molar-refractivity contribution is 5.84. The van der Waals surface area contributed by atoms with Gasteiger partial charge in [0.15, 0.2) is 0 Å². The third-order valence-corrected chi connectivity index (χ3v) is 5.07. The Morgan fingerprint density at radius 1 is 0.472 bits per heavy atom. The van der Waals surface area contributed by atoms with Gasteiger partial charge in [0.05, 0.1) is 6.54 Å². The predicted molar refractivity (Wildman–Crippen MR) is 134 cm³/mol. The molecule has 0 fully saturated rings. The molecule has 0 aliphatic heterocycles. The summed E-state index contributed by atoms with van der Waals surface area (Å²) in [6, 6.07) is 0. The zero-order valence-corrected chi connectivity index (χ0v) is 21.4. The van der Waals surface area contributed by atoms with Gasteiger partial charge in [0.25, 0.3) is 0 Å². The third-order valence-electron chi connectivity index (χ3n) is 5.07. The van der Waals surface area contributed by atoms with Gasteiger partial charge in [-0.15, -0.1) is 0 Å². The van der Waals surface area contributed by atoms with Gasteiger partial charge in [-0.3, -0.25) is 28.8 Å². The second-order valence-electron chi connectivity index (χ2n) is 8.40. The Balaban J connectivity index is 3.57. The number of carbonyl (C=O) groups excluding carboxylic acids is 5. The van der Waals surface area contributed by atoms with Crippen LogP contribution in [0.15, 0.2) is 0 Å². The summed E-state index contributed by atoms with van der Waals surface area (Å²) in [5, 5.41) is 21.9. The fourth-order valence-electron chi connectivity index (χ4n) is 3.12. The van der Waals surface area contributed by atoms with Gasteiger partial charge in [-0.05, 0) is 45.4 Å². The van der Waals surface area contributed by atoms with Crippen LogP contribution in [0.2, 0.25) is 0 Å². The smallest absolute Gasteiger partial charge is 0.303 e. The summed E-state index contributed by atoms with van der Waals surface area (Å²) in [7, 11) is 0. The van der Waals surface area contributed by atoms with Crippen LogP contribution in [0.1, 0.15) is 84.0 Å². The lowest BCUT2D eigenvalue weighted by molar-refractivity contribution is -0.137. The largest absolute Gasteiger partial charge is 0.481 e. The van der Waals surface area contributed by atoms with Gasteiger partial charge in [0.1, 0.15) is 0 Å². The minimum absolute atomic E-state index is 0.0140. The SMILES string of the molecule is CCNC(=O)CCCCCNC(=O)CCCNC(=O)CCCNC(=O)CNC(=O)CCCCC(=O)O. The first-order valence-electron chi connectivity index (χ1n) is 12.8. The molecule has 0 radical (unpaired) electrons. The molecule has 0 saturated heterocycles. The predicted octanol–water partition coefficient (Wildman–Crippen LogP) is 0.353. The van der Waals surface area contributed by atoms with Crippen LogP contribution in [0, 0.1) is 0 Å². The van der Waals surface area contributed by atoms with E-state index in [2.05, 4.69) is 26.6 Å². The van der Waals surface area contributed by atoms with Crippen LogP contribution in [0.4, 0.5) is 0 Å². The number of carbonyl (C=O) groups is 6. The van der Waals surface area contributed by atoms with E-state index in [1.165, 1.54) is 0 Å². The van der Waals surface area contributed by atoms with Crippen LogP contribution in [-0.2, 0) is 28.8 Å². The second-order valence-corrected chi connectivity index (χ2v) is 8.40. The third kappa shape index (κ3) is 22.6. The molecule has 206 valence electrons. The second kappa shape index (κ2) is 22.3. The Kier molecular flexibility index (Phi) is 20.3. The zero-order chi connectivity index (χ0) is 27.0. The number of unbranched alkanes of at least 4 members (excludes halogenated alkanes) is 3. The van der Waals surface area contributed by atoms with Gasteiger partial charge in [-0.1, -0.05) is 6.42 Å². The number of hydrogen-bond donors (Lipinski definition) is 6. The van der Waals surface area contributed by atoms with Gasteiger partial charge >= 0.3 is 5.97 Å². The van der Waals surface area contributed by atoms with E-state index in [1.807, 2.05) is 6.92 Å². The Labute approximate surface area is 213 Å². The molecule has 36 heavy (non-hydrogen) atoms. The summed E-state index contributed by atoms with van der Waals surface area (Å²) < 4.78 is 0. The van der Waals surface area contributed by atoms with Crippen LogP contribution in [0.5, 0.6) is 0 Å². The average Bonchev–Trinajstić information content (AvgIpc) is 2.83. The maximum Gasteiger partial charge on any atom is 0.303 e. The summed E-state index contributed by atoms with van der Waals surface area (Å²) in [4.78, 5) is 68.6. The van der Waals surface area contributed by atoms with Gasteiger partial charge in [0, 0.05) is 58.3 Å². The molecule has 0 atom stereocenters. The monoisotopic (exact) mass is 513 g/mol. The first-order valence-corrected chi connectivity index (χ1v) is 12.8. The van der Waals surface area contributed by atoms with Crippen molar-refractivity contribution in [2.24, 2.45) is 0 Å². The van der Waals surface area contributed by atoms with Crippen LogP contribution in [-0.4, -0.2) is 73.3 Å². The molecule has 0 aromatic carbocycles. The van der Waals surface area contributed by atoms with Crippen molar-refractivity contribution in [1.82, 2.24) is 26.6 Å². The lowest BCUT2D eigenvalue weighted by atomic mass is 10.2. The number of amides is 5. The maximum absolute atomic E-state index is 11.8. The molecule has 0 unspecified atom stereocenters. The van der Waals surface area contributed by atoms with Gasteiger partial charge < -0.3 is 31.7 Å². The number of carboxylic acid groups (broad SMARTS) is 1. The molecular formula is C24H43N5O7. The quantitative estimate of drug-likeness (QED) is 0.113. The number of aliphatic carboxylic acids is 1. The first-order chi connectivity index (χ1) is 17.2. The molecule has 0 aromatic heterocycles. The molecule has 12 heteroatoms. The van der Waals surface area contributed by atoms with E-state index >= 15 is 0 Å². The van der Waals surface area contributed by atoms with Crippen LogP contribution in [0.3, 0.4) is 0 Å². The topological polar surface area (TPSA) is 183 Å². The number of carboxylic acids is 1. The van der Waals surface area contributed by atoms with Crippen molar-refractivity contribution in [2.75, 3.05) is 32.7 Å². The number of rotatable bonds is 22. The molecule has 5 amide bonds. The molecule has 0 aliphatic carbocycles. The summed E-state index contributed by atoms with van der Waals surface area (Å²) in [5.41, 5.74) is 0. The number of nitrogens with one attached hydrogen (secondary N) is 5. The standard InChI is InChI=1S/C24H43N5O7/c1-2-25-19(30)10-4-3-7-15-26-20(31)12-8-16-27-21(32)13-9-17-28-23(34)18-29-22(33)11-5-6-14-24(35)36/h2-18H2,1H3,(H,25,30)(H,26,31)(H,27,32)(H,28,34)(H,29,33)(H,35,36). The van der Waals surface area contributed by atoms with E-state index in [-0.39, 0.29) is 55.3 Å². The summed E-state index contributed by atoms with van der Waals surface area (Å²) in [6.07, 6.45) is 5.56. The molecule has 0 heterocycles. The van der Waals surface area contributed by atoms with Crippen LogP contribution < -0.4 is 26.6 Å². The fraction of sp³-hybridized carbons (Fsp3) is 0.750. The van der Waals surface area contributed by atoms with Crippen LogP contribution >= 0.6 is 0 Å². The van der Waals surface area contributed by atoms with Crippen molar-refractivity contribution in [2.45, 2.75) is 84.0 Å². The van der Waals surface area contributed by atoms with Gasteiger partial charge in [-0.2, -0.15) is 0 Å². The average molecular weight is 514 g/mol. The lowest BCUT2D eigenvalue weighted by Crippen LogP contribution is -2.37. The van der Waals surface area contributed by atoms with E-state index in [1.54, 1.807) is 0 Å². The van der Waals surface area contributed by atoms with Gasteiger partial charge in [0.2, 0.25) is 29.5 Å². The zero-order valence-electron chi connectivity index (χ0n) is 21.4. The molecule has 0 bridgehead atoms. The Hall–Kier alpha value is -3.18. The van der Waals surface area contributed by atoms with Crippen molar-refractivity contribution in [1.29, 1.82) is 0 Å². The maximum atomic E-state index is 11.8. The van der Waals surface area contributed by atoms with Crippen molar-refractivity contribution in [3.63, 3.8) is 0 Å². The summed E-state index contributed by atoms with van der Waals surface area (Å²) >= 11 is 0. The Morgan fingerprint density at radius 3 is 1.44 bits per heavy atom. The highest BCUT2D eigenvalue weighted by Gasteiger charge is 2.07. The van der Waals surface area contributed by atoms with Crippen molar-refractivity contribution >= 4 is 35.5 Å². The first kappa shape index (κ1) is 32.8. The molecular weight excluding hydrogens is 470 g/mol. The van der Waals surface area contributed by atoms with Gasteiger partial charge in [-0.25, -0.2) is 0 Å². The summed E-state index contributed by atoms with van der Waals surface area (Å²) in [6.45, 7) is 3.62. The van der Waals surface area contributed by atoms with Crippen molar-refractivity contribution in [3.8, 4) is 0 Å². The van der Waals surface area contributed by atoms with E-state index in [4.69, 9.17) is 5.11 Å². The Bertz CT molecular complexity index is 700. The minimum atomic E-state index is -0.902. The fourth-order valence-corrected chi connectivity index (χ4v) is 3.12. The molecule has 0 spiro atoms. The molecule has 6 N–H and O–H groups in total. The lowest BCUT2D eigenvalue weighted by Gasteiger charge is -2.08. The van der Waals surface area contributed by atoms with Crippen LogP contribution in [0.25, 0.3) is 0 Å². The molecule has 0 rings (SSSR count). The Morgan fingerprint density at radius 2 is 0.889 bits per heavy atom. The molecule has 0 saturated carbocycles. The normalized spacial score (nSPS) is 10.2. The number of hydrogen-bond acceptors (Lipinski definition) is 6. The van der Waals surface area contributed by atoms with E-state index in [0.29, 0.717) is 64.7 Å². The minimum Gasteiger partial charge on any atom is -0.481 e. The van der Waals surface area contributed by atoms with E-state index in [0.717, 1.165) is 19.3 Å². The van der Waals surface area contributed by atoms with E-state index < -0.39 is 5.97 Å².